The minimum absolute atomic E-state index is 0.0555. The summed E-state index contributed by atoms with van der Waals surface area (Å²) >= 11 is 3.44. The highest BCUT2D eigenvalue weighted by atomic mass is 79.9. The number of amides is 1. The van der Waals surface area contributed by atoms with E-state index >= 15 is 0 Å². The highest BCUT2D eigenvalue weighted by Crippen LogP contribution is 2.32. The third kappa shape index (κ3) is 2.36. The predicted molar refractivity (Wildman–Crippen MR) is 73.9 cm³/mol. The molecule has 0 radical (unpaired) electrons. The maximum atomic E-state index is 12.4. The zero-order valence-corrected chi connectivity index (χ0v) is 11.9. The Kier molecular flexibility index (Phi) is 3.50. The average Bonchev–Trinajstić information content (AvgIpc) is 3.10. The van der Waals surface area contributed by atoms with Crippen molar-refractivity contribution in [2.45, 2.75) is 25.0 Å². The predicted octanol–water partition coefficient (Wildman–Crippen LogP) is 1.93. The Morgan fingerprint density at radius 1 is 1.42 bits per heavy atom. The van der Waals surface area contributed by atoms with Gasteiger partial charge in [0, 0.05) is 35.5 Å². The van der Waals surface area contributed by atoms with Crippen LogP contribution < -0.4 is 0 Å². The topological polar surface area (TPSA) is 54.8 Å². The molecule has 0 aromatic carbocycles. The number of aromatic nitrogens is 1. The highest BCUT2D eigenvalue weighted by molar-refractivity contribution is 9.10. The van der Waals surface area contributed by atoms with Crippen LogP contribution in [0.3, 0.4) is 0 Å². The molecular weight excluding hydrogens is 310 g/mol. The highest BCUT2D eigenvalue weighted by Gasteiger charge is 2.38. The molecule has 0 saturated carbocycles. The second-order valence-electron chi connectivity index (χ2n) is 4.69. The molecule has 1 amide bonds. The van der Waals surface area contributed by atoms with Crippen molar-refractivity contribution in [1.29, 1.82) is 0 Å². The van der Waals surface area contributed by atoms with Gasteiger partial charge in [-0.1, -0.05) is 0 Å². The second-order valence-corrected chi connectivity index (χ2v) is 5.54. The molecule has 19 heavy (non-hydrogen) atoms. The molecular formula is C13H14BrN3O2. The van der Waals surface area contributed by atoms with Gasteiger partial charge in [-0.2, -0.15) is 0 Å². The molecule has 1 fully saturated rings. The molecule has 0 bridgehead atoms. The van der Waals surface area contributed by atoms with Gasteiger partial charge in [-0.05, 0) is 34.8 Å². The summed E-state index contributed by atoms with van der Waals surface area (Å²) in [6.07, 6.45) is 6.58. The van der Waals surface area contributed by atoms with Crippen LogP contribution in [-0.2, 0) is 9.53 Å². The lowest BCUT2D eigenvalue weighted by Gasteiger charge is -2.22. The summed E-state index contributed by atoms with van der Waals surface area (Å²) in [4.78, 5) is 22.5. The van der Waals surface area contributed by atoms with Crippen molar-refractivity contribution < 1.29 is 9.53 Å². The van der Waals surface area contributed by atoms with Crippen LogP contribution in [0.4, 0.5) is 0 Å². The standard InChI is InChI=1S/C13H14BrN3O2/c14-10-7-15-4-3-9(10)12-11(16-8-19-12)13(18)17-5-1-2-6-17/h3-4,7-8,11-12H,1-2,5-6H2/t11-,12+/m0/s1. The fourth-order valence-electron chi connectivity index (χ4n) is 2.50. The van der Waals surface area contributed by atoms with Crippen LogP contribution >= 0.6 is 15.9 Å². The number of rotatable bonds is 2. The number of ether oxygens (including phenoxy) is 1. The van der Waals surface area contributed by atoms with Crippen LogP contribution in [0.15, 0.2) is 27.9 Å². The first-order chi connectivity index (χ1) is 9.27. The Bertz CT molecular complexity index is 514. The van der Waals surface area contributed by atoms with Crippen LogP contribution in [0.1, 0.15) is 24.5 Å². The van der Waals surface area contributed by atoms with Crippen LogP contribution in [0.5, 0.6) is 0 Å². The van der Waals surface area contributed by atoms with Gasteiger partial charge in [0.05, 0.1) is 0 Å². The van der Waals surface area contributed by atoms with Gasteiger partial charge in [-0.25, -0.2) is 4.99 Å². The molecule has 0 unspecified atom stereocenters. The number of aliphatic imine (C=N–C) groups is 1. The summed E-state index contributed by atoms with van der Waals surface area (Å²) in [6, 6.07) is 1.38. The van der Waals surface area contributed by atoms with Crippen molar-refractivity contribution in [3.8, 4) is 0 Å². The number of carbonyl (C=O) groups excluding carboxylic acids is 1. The molecule has 0 spiro atoms. The summed E-state index contributed by atoms with van der Waals surface area (Å²) < 4.78 is 6.35. The number of carbonyl (C=O) groups is 1. The Morgan fingerprint density at radius 3 is 2.95 bits per heavy atom. The van der Waals surface area contributed by atoms with Crippen LogP contribution in [0, 0.1) is 0 Å². The molecule has 1 aromatic rings. The van der Waals surface area contributed by atoms with E-state index in [0.717, 1.165) is 36.0 Å². The molecule has 100 valence electrons. The summed E-state index contributed by atoms with van der Waals surface area (Å²) in [5.74, 6) is 0.0555. The molecule has 6 heteroatoms. The van der Waals surface area contributed by atoms with Gasteiger partial charge in [0.1, 0.15) is 0 Å². The average molecular weight is 324 g/mol. The number of halogens is 1. The third-order valence-electron chi connectivity index (χ3n) is 3.50. The number of pyridine rings is 1. The monoisotopic (exact) mass is 323 g/mol. The van der Waals surface area contributed by atoms with Gasteiger partial charge >= 0.3 is 0 Å². The summed E-state index contributed by atoms with van der Waals surface area (Å²) in [7, 11) is 0. The molecule has 5 nitrogen and oxygen atoms in total. The Balaban J connectivity index is 1.83. The van der Waals surface area contributed by atoms with Gasteiger partial charge in [-0.15, -0.1) is 0 Å². The van der Waals surface area contributed by atoms with Gasteiger partial charge in [0.15, 0.2) is 18.5 Å². The molecule has 3 heterocycles. The SMILES string of the molecule is O=C([C@H]1N=CO[C@@H]1c1ccncc1Br)N1CCCC1. The van der Waals surface area contributed by atoms with E-state index in [1.54, 1.807) is 12.4 Å². The molecule has 3 rings (SSSR count). The fourth-order valence-corrected chi connectivity index (χ4v) is 2.97. The van der Waals surface area contributed by atoms with E-state index in [0.29, 0.717) is 0 Å². The van der Waals surface area contributed by atoms with Gasteiger partial charge in [-0.3, -0.25) is 9.78 Å². The molecule has 1 aromatic heterocycles. The summed E-state index contributed by atoms with van der Waals surface area (Å²) in [5, 5.41) is 0. The van der Waals surface area contributed by atoms with Crippen molar-refractivity contribution in [1.82, 2.24) is 9.88 Å². The fraction of sp³-hybridized carbons (Fsp3) is 0.462. The van der Waals surface area contributed by atoms with Crippen LogP contribution in [0.2, 0.25) is 0 Å². The van der Waals surface area contributed by atoms with E-state index in [1.165, 1.54) is 6.40 Å². The minimum atomic E-state index is -0.475. The van der Waals surface area contributed by atoms with Gasteiger partial charge in [0.2, 0.25) is 0 Å². The number of likely N-dealkylation sites (tertiary alicyclic amines) is 1. The van der Waals surface area contributed by atoms with Crippen molar-refractivity contribution in [3.05, 3.63) is 28.5 Å². The van der Waals surface area contributed by atoms with E-state index in [9.17, 15) is 4.79 Å². The van der Waals surface area contributed by atoms with Crippen LogP contribution in [-0.4, -0.2) is 41.3 Å². The lowest BCUT2D eigenvalue weighted by atomic mass is 10.0. The van der Waals surface area contributed by atoms with Gasteiger partial charge in [0.25, 0.3) is 5.91 Å². The molecule has 2 atom stereocenters. The molecule has 0 N–H and O–H groups in total. The zero-order chi connectivity index (χ0) is 13.2. The van der Waals surface area contributed by atoms with Crippen molar-refractivity contribution in [3.63, 3.8) is 0 Å². The number of hydrogen-bond acceptors (Lipinski definition) is 4. The lowest BCUT2D eigenvalue weighted by molar-refractivity contribution is -0.133. The first-order valence-electron chi connectivity index (χ1n) is 6.32. The maximum absolute atomic E-state index is 12.4. The third-order valence-corrected chi connectivity index (χ3v) is 4.16. The number of hydrogen-bond donors (Lipinski definition) is 0. The Labute approximate surface area is 119 Å². The Hall–Kier alpha value is -1.43. The Morgan fingerprint density at radius 2 is 2.21 bits per heavy atom. The zero-order valence-electron chi connectivity index (χ0n) is 10.3. The molecule has 0 aliphatic carbocycles. The van der Waals surface area contributed by atoms with E-state index in [1.807, 2.05) is 11.0 Å². The first kappa shape index (κ1) is 12.6. The summed E-state index contributed by atoms with van der Waals surface area (Å²) in [6.45, 7) is 1.66. The van der Waals surface area contributed by atoms with Crippen molar-refractivity contribution in [2.24, 2.45) is 4.99 Å². The summed E-state index contributed by atoms with van der Waals surface area (Å²) in [5.41, 5.74) is 0.907. The largest absolute Gasteiger partial charge is 0.473 e. The first-order valence-corrected chi connectivity index (χ1v) is 7.12. The quantitative estimate of drug-likeness (QED) is 0.835. The smallest absolute Gasteiger partial charge is 0.251 e. The van der Waals surface area contributed by atoms with E-state index < -0.39 is 6.04 Å². The minimum Gasteiger partial charge on any atom is -0.473 e. The lowest BCUT2D eigenvalue weighted by Crippen LogP contribution is -2.38. The maximum Gasteiger partial charge on any atom is 0.251 e. The van der Waals surface area contributed by atoms with Gasteiger partial charge < -0.3 is 9.64 Å². The van der Waals surface area contributed by atoms with E-state index in [2.05, 4.69) is 25.9 Å². The molecule has 1 saturated heterocycles. The van der Waals surface area contributed by atoms with E-state index in [4.69, 9.17) is 4.74 Å². The normalized spacial score (nSPS) is 25.6. The molecule has 2 aliphatic heterocycles. The van der Waals surface area contributed by atoms with E-state index in [-0.39, 0.29) is 12.0 Å². The van der Waals surface area contributed by atoms with Crippen molar-refractivity contribution in [2.75, 3.05) is 13.1 Å². The van der Waals surface area contributed by atoms with Crippen molar-refractivity contribution >= 4 is 28.2 Å². The van der Waals surface area contributed by atoms with Crippen LogP contribution in [0.25, 0.3) is 0 Å². The second kappa shape index (κ2) is 5.28. The molecule has 2 aliphatic rings. The number of nitrogens with zero attached hydrogens (tertiary/aromatic N) is 3.